The van der Waals surface area contributed by atoms with Crippen molar-refractivity contribution >= 4 is 0 Å². The fourth-order valence-electron chi connectivity index (χ4n) is 2.01. The predicted octanol–water partition coefficient (Wildman–Crippen LogP) is 3.50. The Morgan fingerprint density at radius 2 is 1.92 bits per heavy atom. The molecule has 1 nitrogen and oxygen atoms in total. The van der Waals surface area contributed by atoms with Crippen molar-refractivity contribution in [2.75, 3.05) is 6.54 Å². The van der Waals surface area contributed by atoms with Gasteiger partial charge in [0.25, 0.3) is 0 Å². The van der Waals surface area contributed by atoms with Crippen LogP contribution < -0.4 is 5.73 Å². The summed E-state index contributed by atoms with van der Waals surface area (Å²) in [7, 11) is 0. The molecule has 0 aromatic heterocycles. The van der Waals surface area contributed by atoms with Crippen molar-refractivity contribution in [2.45, 2.75) is 53.4 Å². The Kier molecular flexibility index (Phi) is 6.06. The van der Waals surface area contributed by atoms with Crippen LogP contribution in [0.2, 0.25) is 0 Å². The lowest BCUT2D eigenvalue weighted by molar-refractivity contribution is 0.359. The quantitative estimate of drug-likeness (QED) is 0.627. The van der Waals surface area contributed by atoms with Crippen LogP contribution in [0.4, 0.5) is 0 Å². The van der Waals surface area contributed by atoms with Gasteiger partial charge in [-0.25, -0.2) is 0 Å². The number of rotatable bonds is 6. The van der Waals surface area contributed by atoms with Gasteiger partial charge in [0.2, 0.25) is 0 Å². The third-order valence-corrected chi connectivity index (χ3v) is 2.90. The molecule has 0 radical (unpaired) electrons. The largest absolute Gasteiger partial charge is 0.330 e. The number of allylic oxidation sites excluding steroid dienone is 1. The third-order valence-electron chi connectivity index (χ3n) is 2.90. The van der Waals surface area contributed by atoms with Gasteiger partial charge in [-0.2, -0.15) is 0 Å². The zero-order chi connectivity index (χ0) is 10.3. The summed E-state index contributed by atoms with van der Waals surface area (Å²) in [5.41, 5.74) is 7.65. The highest BCUT2D eigenvalue weighted by molar-refractivity contribution is 5.13. The predicted molar refractivity (Wildman–Crippen MR) is 60.7 cm³/mol. The fraction of sp³-hybridized carbons (Fsp3) is 0.833. The second-order valence-electron chi connectivity index (χ2n) is 4.08. The Bertz CT molecular complexity index is 161. The molecule has 1 atom stereocenters. The van der Waals surface area contributed by atoms with E-state index in [1.165, 1.54) is 25.7 Å². The molecule has 0 aliphatic heterocycles. The minimum atomic E-state index is 0.250. The Labute approximate surface area is 83.4 Å². The summed E-state index contributed by atoms with van der Waals surface area (Å²) in [5.74, 6) is 0. The van der Waals surface area contributed by atoms with Gasteiger partial charge in [0.15, 0.2) is 0 Å². The molecule has 2 N–H and O–H groups in total. The number of hydrogen-bond acceptors (Lipinski definition) is 1. The van der Waals surface area contributed by atoms with Gasteiger partial charge in [0.05, 0.1) is 0 Å². The van der Waals surface area contributed by atoms with Gasteiger partial charge >= 0.3 is 0 Å². The van der Waals surface area contributed by atoms with Crippen LogP contribution in [0, 0.1) is 5.41 Å². The molecule has 0 amide bonds. The zero-order valence-corrected chi connectivity index (χ0v) is 9.69. The van der Waals surface area contributed by atoms with Crippen molar-refractivity contribution in [3.05, 3.63) is 11.6 Å². The van der Waals surface area contributed by atoms with Crippen molar-refractivity contribution in [2.24, 2.45) is 11.1 Å². The van der Waals surface area contributed by atoms with E-state index in [0.29, 0.717) is 0 Å². The Balaban J connectivity index is 4.50. The summed E-state index contributed by atoms with van der Waals surface area (Å²) in [6, 6.07) is 0. The van der Waals surface area contributed by atoms with Crippen LogP contribution in [0.5, 0.6) is 0 Å². The SMILES string of the molecule is C/C=C(/CCC)C(C)(CN)CCC. The van der Waals surface area contributed by atoms with Crippen molar-refractivity contribution in [1.82, 2.24) is 0 Å². The van der Waals surface area contributed by atoms with E-state index in [1.54, 1.807) is 5.57 Å². The van der Waals surface area contributed by atoms with Crippen LogP contribution in [0.1, 0.15) is 53.4 Å². The normalized spacial score (nSPS) is 17.2. The molecule has 1 heteroatoms. The smallest absolute Gasteiger partial charge is 0.00142 e. The van der Waals surface area contributed by atoms with Gasteiger partial charge in [-0.1, -0.05) is 45.3 Å². The maximum absolute atomic E-state index is 5.86. The molecule has 0 aromatic carbocycles. The first kappa shape index (κ1) is 12.7. The molecule has 1 unspecified atom stereocenters. The van der Waals surface area contributed by atoms with Crippen molar-refractivity contribution in [3.63, 3.8) is 0 Å². The molecule has 0 bridgehead atoms. The second kappa shape index (κ2) is 6.20. The Morgan fingerprint density at radius 1 is 1.31 bits per heavy atom. The summed E-state index contributed by atoms with van der Waals surface area (Å²) < 4.78 is 0. The van der Waals surface area contributed by atoms with Gasteiger partial charge in [0.1, 0.15) is 0 Å². The average Bonchev–Trinajstić information content (AvgIpc) is 2.14. The monoisotopic (exact) mass is 183 g/mol. The first-order valence-electron chi connectivity index (χ1n) is 5.50. The summed E-state index contributed by atoms with van der Waals surface area (Å²) in [5, 5.41) is 0. The van der Waals surface area contributed by atoms with E-state index in [4.69, 9.17) is 5.73 Å². The summed E-state index contributed by atoms with van der Waals surface area (Å²) in [4.78, 5) is 0. The van der Waals surface area contributed by atoms with Gasteiger partial charge in [0, 0.05) is 12.0 Å². The van der Waals surface area contributed by atoms with Crippen LogP contribution in [-0.4, -0.2) is 6.54 Å². The Hall–Kier alpha value is -0.300. The maximum atomic E-state index is 5.86. The molecule has 0 aliphatic rings. The second-order valence-corrected chi connectivity index (χ2v) is 4.08. The van der Waals surface area contributed by atoms with E-state index in [9.17, 15) is 0 Å². The molecule has 13 heavy (non-hydrogen) atoms. The van der Waals surface area contributed by atoms with Crippen molar-refractivity contribution < 1.29 is 0 Å². The average molecular weight is 183 g/mol. The van der Waals surface area contributed by atoms with E-state index in [0.717, 1.165) is 6.54 Å². The van der Waals surface area contributed by atoms with Crippen LogP contribution in [0.3, 0.4) is 0 Å². The van der Waals surface area contributed by atoms with Gasteiger partial charge in [-0.15, -0.1) is 0 Å². The lowest BCUT2D eigenvalue weighted by Crippen LogP contribution is -2.29. The highest BCUT2D eigenvalue weighted by Crippen LogP contribution is 2.33. The van der Waals surface area contributed by atoms with Crippen molar-refractivity contribution in [1.29, 1.82) is 0 Å². The summed E-state index contributed by atoms with van der Waals surface area (Å²) in [6.07, 6.45) is 7.10. The molecule has 0 heterocycles. The first-order chi connectivity index (χ1) is 6.14. The number of hydrogen-bond donors (Lipinski definition) is 1. The van der Waals surface area contributed by atoms with Crippen LogP contribution in [0.25, 0.3) is 0 Å². The van der Waals surface area contributed by atoms with Gasteiger partial charge < -0.3 is 5.73 Å². The molecular weight excluding hydrogens is 158 g/mol. The minimum Gasteiger partial charge on any atom is -0.330 e. The highest BCUT2D eigenvalue weighted by Gasteiger charge is 2.24. The fourth-order valence-corrected chi connectivity index (χ4v) is 2.01. The molecule has 0 aliphatic carbocycles. The van der Waals surface area contributed by atoms with Gasteiger partial charge in [-0.05, 0) is 19.8 Å². The van der Waals surface area contributed by atoms with Gasteiger partial charge in [-0.3, -0.25) is 0 Å². The molecule has 0 spiro atoms. The van der Waals surface area contributed by atoms with Crippen LogP contribution in [0.15, 0.2) is 11.6 Å². The molecule has 0 fully saturated rings. The van der Waals surface area contributed by atoms with Crippen molar-refractivity contribution in [3.8, 4) is 0 Å². The lowest BCUT2D eigenvalue weighted by atomic mass is 9.76. The topological polar surface area (TPSA) is 26.0 Å². The molecule has 0 aromatic rings. The van der Waals surface area contributed by atoms with E-state index in [-0.39, 0.29) is 5.41 Å². The van der Waals surface area contributed by atoms with E-state index in [1.807, 2.05) is 0 Å². The standard InChI is InChI=1S/C12H25N/c1-5-8-11(7-3)12(4,10-13)9-6-2/h7H,5-6,8-10,13H2,1-4H3/b11-7-. The van der Waals surface area contributed by atoms with Crippen LogP contribution in [-0.2, 0) is 0 Å². The molecule has 0 saturated heterocycles. The first-order valence-corrected chi connectivity index (χ1v) is 5.50. The van der Waals surface area contributed by atoms with E-state index < -0.39 is 0 Å². The molecule has 0 saturated carbocycles. The summed E-state index contributed by atoms with van der Waals surface area (Å²) in [6.45, 7) is 9.66. The Morgan fingerprint density at radius 3 is 2.23 bits per heavy atom. The molecule has 0 rings (SSSR count). The van der Waals surface area contributed by atoms with Crippen LogP contribution >= 0.6 is 0 Å². The minimum absolute atomic E-state index is 0.250. The highest BCUT2D eigenvalue weighted by atomic mass is 14.6. The number of nitrogens with two attached hydrogens (primary N) is 1. The van der Waals surface area contributed by atoms with E-state index in [2.05, 4.69) is 33.8 Å². The maximum Gasteiger partial charge on any atom is 0.00142 e. The lowest BCUT2D eigenvalue weighted by Gasteiger charge is -2.31. The van der Waals surface area contributed by atoms with E-state index >= 15 is 0 Å². The summed E-state index contributed by atoms with van der Waals surface area (Å²) >= 11 is 0. The molecule has 78 valence electrons. The third kappa shape index (κ3) is 3.51. The molecular formula is C12H25N. The zero-order valence-electron chi connectivity index (χ0n) is 9.69.